The first-order valence-corrected chi connectivity index (χ1v) is 7.67. The molecule has 2 aromatic rings. The second-order valence-electron chi connectivity index (χ2n) is 5.52. The molecule has 4 nitrogen and oxygen atoms in total. The number of aromatic nitrogens is 1. The molecule has 1 fully saturated rings. The average Bonchev–Trinajstić information content (AvgIpc) is 2.56. The number of ether oxygens (including phenoxy) is 1. The van der Waals surface area contributed by atoms with Crippen molar-refractivity contribution >= 4 is 10.9 Å². The molecule has 0 radical (unpaired) electrons. The molecule has 0 bridgehead atoms. The predicted molar refractivity (Wildman–Crippen MR) is 85.4 cm³/mol. The second kappa shape index (κ2) is 6.52. The Hall–Kier alpha value is -1.49. The molecule has 0 aliphatic carbocycles. The summed E-state index contributed by atoms with van der Waals surface area (Å²) in [6.07, 6.45) is 2.03. The second-order valence-corrected chi connectivity index (χ2v) is 5.52. The number of morpholine rings is 1. The van der Waals surface area contributed by atoms with Gasteiger partial charge in [0.2, 0.25) is 0 Å². The standard InChI is InChI=1S/C17H23N3O/c1-3-20-9-10-21-16(12-20)17(18-2)14-7-6-13-5-4-8-19-15(13)11-14/h4-8,11,16-18H,3,9-10,12H2,1-2H3. The fourth-order valence-corrected chi connectivity index (χ4v) is 3.06. The molecule has 112 valence electrons. The Bertz CT molecular complexity index is 601. The van der Waals surface area contributed by atoms with E-state index in [9.17, 15) is 0 Å². The van der Waals surface area contributed by atoms with E-state index < -0.39 is 0 Å². The van der Waals surface area contributed by atoms with Crippen LogP contribution in [0.25, 0.3) is 10.9 Å². The number of hydrogen-bond acceptors (Lipinski definition) is 4. The molecule has 1 aliphatic heterocycles. The maximum atomic E-state index is 6.00. The Morgan fingerprint density at radius 1 is 1.43 bits per heavy atom. The molecule has 2 unspecified atom stereocenters. The number of likely N-dealkylation sites (N-methyl/N-ethyl adjacent to an activating group) is 2. The van der Waals surface area contributed by atoms with E-state index in [-0.39, 0.29) is 12.1 Å². The van der Waals surface area contributed by atoms with Gasteiger partial charge >= 0.3 is 0 Å². The van der Waals surface area contributed by atoms with Gasteiger partial charge in [-0.15, -0.1) is 0 Å². The first-order chi connectivity index (χ1) is 10.3. The van der Waals surface area contributed by atoms with Gasteiger partial charge in [-0.25, -0.2) is 0 Å². The van der Waals surface area contributed by atoms with Crippen molar-refractivity contribution in [2.75, 3.05) is 33.3 Å². The molecule has 3 rings (SSSR count). The summed E-state index contributed by atoms with van der Waals surface area (Å²) in [5.74, 6) is 0. The molecule has 1 aromatic carbocycles. The summed E-state index contributed by atoms with van der Waals surface area (Å²) in [4.78, 5) is 6.90. The SMILES string of the molecule is CCN1CCOC(C(NC)c2ccc3cccnc3c2)C1. The fourth-order valence-electron chi connectivity index (χ4n) is 3.06. The van der Waals surface area contributed by atoms with Crippen molar-refractivity contribution < 1.29 is 4.74 Å². The third-order valence-corrected chi connectivity index (χ3v) is 4.30. The highest BCUT2D eigenvalue weighted by Gasteiger charge is 2.27. The Balaban J connectivity index is 1.86. The first-order valence-electron chi connectivity index (χ1n) is 7.67. The van der Waals surface area contributed by atoms with Crippen molar-refractivity contribution in [2.24, 2.45) is 0 Å². The van der Waals surface area contributed by atoms with Gasteiger partial charge in [0, 0.05) is 24.7 Å². The number of nitrogens with one attached hydrogen (secondary N) is 1. The Morgan fingerprint density at radius 3 is 3.14 bits per heavy atom. The summed E-state index contributed by atoms with van der Waals surface area (Å²) in [6.45, 7) is 6.10. The molecular formula is C17H23N3O. The topological polar surface area (TPSA) is 37.4 Å². The van der Waals surface area contributed by atoms with Gasteiger partial charge < -0.3 is 10.1 Å². The maximum absolute atomic E-state index is 6.00. The minimum Gasteiger partial charge on any atom is -0.374 e. The molecule has 21 heavy (non-hydrogen) atoms. The third kappa shape index (κ3) is 3.07. The van der Waals surface area contributed by atoms with Gasteiger partial charge in [-0.05, 0) is 31.3 Å². The van der Waals surface area contributed by atoms with Gasteiger partial charge in [0.1, 0.15) is 0 Å². The lowest BCUT2D eigenvalue weighted by Crippen LogP contribution is -2.47. The quantitative estimate of drug-likeness (QED) is 0.934. The van der Waals surface area contributed by atoms with Crippen LogP contribution in [0.1, 0.15) is 18.5 Å². The van der Waals surface area contributed by atoms with Crippen LogP contribution in [0.4, 0.5) is 0 Å². The Morgan fingerprint density at radius 2 is 2.33 bits per heavy atom. The Kier molecular flexibility index (Phi) is 4.48. The highest BCUT2D eigenvalue weighted by Crippen LogP contribution is 2.24. The molecule has 0 saturated carbocycles. The molecule has 1 saturated heterocycles. The van der Waals surface area contributed by atoms with Gasteiger partial charge in [0.05, 0.1) is 24.3 Å². The van der Waals surface area contributed by atoms with Crippen LogP contribution in [0.15, 0.2) is 36.5 Å². The zero-order valence-electron chi connectivity index (χ0n) is 12.7. The van der Waals surface area contributed by atoms with Crippen molar-refractivity contribution in [1.82, 2.24) is 15.2 Å². The van der Waals surface area contributed by atoms with E-state index in [0.29, 0.717) is 0 Å². The zero-order chi connectivity index (χ0) is 14.7. The van der Waals surface area contributed by atoms with Crippen LogP contribution in [-0.4, -0.2) is 49.3 Å². The van der Waals surface area contributed by atoms with Crippen molar-refractivity contribution in [2.45, 2.75) is 19.1 Å². The normalized spacial score (nSPS) is 21.5. The number of benzene rings is 1. The van der Waals surface area contributed by atoms with E-state index in [2.05, 4.69) is 46.4 Å². The highest BCUT2D eigenvalue weighted by molar-refractivity contribution is 5.79. The number of nitrogens with zero attached hydrogens (tertiary/aromatic N) is 2. The number of pyridine rings is 1. The molecule has 4 heteroatoms. The first kappa shape index (κ1) is 14.4. The molecule has 1 aromatic heterocycles. The fraction of sp³-hybridized carbons (Fsp3) is 0.471. The van der Waals surface area contributed by atoms with Crippen LogP contribution in [0, 0.1) is 0 Å². The molecule has 1 aliphatic rings. The summed E-state index contributed by atoms with van der Waals surface area (Å²) < 4.78 is 6.00. The van der Waals surface area contributed by atoms with Crippen LogP contribution in [0.3, 0.4) is 0 Å². The van der Waals surface area contributed by atoms with E-state index in [0.717, 1.165) is 31.8 Å². The number of rotatable bonds is 4. The number of fused-ring (bicyclic) bond motifs is 1. The van der Waals surface area contributed by atoms with Crippen molar-refractivity contribution in [3.05, 3.63) is 42.1 Å². The van der Waals surface area contributed by atoms with Crippen LogP contribution in [0.5, 0.6) is 0 Å². The van der Waals surface area contributed by atoms with Gasteiger partial charge in [0.15, 0.2) is 0 Å². The van der Waals surface area contributed by atoms with Crippen LogP contribution < -0.4 is 5.32 Å². The lowest BCUT2D eigenvalue weighted by atomic mass is 9.98. The van der Waals surface area contributed by atoms with Crippen LogP contribution in [0.2, 0.25) is 0 Å². The summed E-state index contributed by atoms with van der Waals surface area (Å²) in [6, 6.07) is 10.8. The van der Waals surface area contributed by atoms with E-state index in [1.807, 2.05) is 19.3 Å². The van der Waals surface area contributed by atoms with Crippen molar-refractivity contribution in [3.63, 3.8) is 0 Å². The minimum atomic E-state index is 0.185. The minimum absolute atomic E-state index is 0.185. The summed E-state index contributed by atoms with van der Waals surface area (Å²) in [7, 11) is 2.00. The van der Waals surface area contributed by atoms with Gasteiger partial charge in [-0.1, -0.05) is 25.1 Å². The maximum Gasteiger partial charge on any atom is 0.0896 e. The largest absolute Gasteiger partial charge is 0.374 e. The van der Waals surface area contributed by atoms with E-state index >= 15 is 0 Å². The van der Waals surface area contributed by atoms with E-state index in [4.69, 9.17) is 4.74 Å². The van der Waals surface area contributed by atoms with E-state index in [1.165, 1.54) is 10.9 Å². The summed E-state index contributed by atoms with van der Waals surface area (Å²) >= 11 is 0. The molecule has 0 spiro atoms. The van der Waals surface area contributed by atoms with Crippen molar-refractivity contribution in [3.8, 4) is 0 Å². The smallest absolute Gasteiger partial charge is 0.0896 e. The zero-order valence-corrected chi connectivity index (χ0v) is 12.7. The lowest BCUT2D eigenvalue weighted by molar-refractivity contribution is -0.0444. The molecular weight excluding hydrogens is 262 g/mol. The predicted octanol–water partition coefficient (Wildman–Crippen LogP) is 2.22. The van der Waals surface area contributed by atoms with Crippen molar-refractivity contribution in [1.29, 1.82) is 0 Å². The average molecular weight is 285 g/mol. The highest BCUT2D eigenvalue weighted by atomic mass is 16.5. The van der Waals surface area contributed by atoms with Gasteiger partial charge in [0.25, 0.3) is 0 Å². The lowest BCUT2D eigenvalue weighted by Gasteiger charge is -2.36. The third-order valence-electron chi connectivity index (χ3n) is 4.30. The van der Waals surface area contributed by atoms with Gasteiger partial charge in [-0.2, -0.15) is 0 Å². The molecule has 1 N–H and O–H groups in total. The summed E-state index contributed by atoms with van der Waals surface area (Å²) in [5.41, 5.74) is 2.28. The van der Waals surface area contributed by atoms with E-state index in [1.54, 1.807) is 0 Å². The number of hydrogen-bond donors (Lipinski definition) is 1. The van der Waals surface area contributed by atoms with Gasteiger partial charge in [-0.3, -0.25) is 9.88 Å². The Labute approximate surface area is 126 Å². The van der Waals surface area contributed by atoms with Crippen LogP contribution >= 0.6 is 0 Å². The van der Waals surface area contributed by atoms with Crippen LogP contribution in [-0.2, 0) is 4.74 Å². The molecule has 2 heterocycles. The molecule has 2 atom stereocenters. The molecule has 0 amide bonds. The summed E-state index contributed by atoms with van der Waals surface area (Å²) in [5, 5.41) is 4.59. The monoisotopic (exact) mass is 285 g/mol.